The molecule has 0 aliphatic heterocycles. The van der Waals surface area contributed by atoms with Gasteiger partial charge in [0.15, 0.2) is 17.1 Å². The number of fused-ring (bicyclic) bond motifs is 1. The van der Waals surface area contributed by atoms with Crippen LogP contribution in [0.15, 0.2) is 16.5 Å². The van der Waals surface area contributed by atoms with Gasteiger partial charge in [0.2, 0.25) is 0 Å². The van der Waals surface area contributed by atoms with E-state index >= 15 is 0 Å². The van der Waals surface area contributed by atoms with Crippen molar-refractivity contribution in [2.45, 2.75) is 38.1 Å². The van der Waals surface area contributed by atoms with Crippen LogP contribution in [-0.4, -0.2) is 9.97 Å². The van der Waals surface area contributed by atoms with Crippen LogP contribution < -0.4 is 5.73 Å². The van der Waals surface area contributed by atoms with Crippen molar-refractivity contribution in [1.29, 1.82) is 0 Å². The molecule has 3 rings (SSSR count). The molecule has 0 saturated heterocycles. The zero-order chi connectivity index (χ0) is 11.0. The maximum absolute atomic E-state index is 5.74. The zero-order valence-electron chi connectivity index (χ0n) is 9.15. The first-order valence-electron chi connectivity index (χ1n) is 5.83. The summed E-state index contributed by atoms with van der Waals surface area (Å²) in [7, 11) is 0. The van der Waals surface area contributed by atoms with Gasteiger partial charge in [-0.2, -0.15) is 4.98 Å². The molecule has 0 atom stereocenters. The van der Waals surface area contributed by atoms with Crippen LogP contribution in [0.3, 0.4) is 0 Å². The van der Waals surface area contributed by atoms with Gasteiger partial charge in [-0.1, -0.05) is 12.8 Å². The van der Waals surface area contributed by atoms with E-state index in [0.717, 1.165) is 17.2 Å². The molecular formula is C12H15N3O. The molecular weight excluding hydrogens is 202 g/mol. The third kappa shape index (κ3) is 1.59. The third-order valence-corrected chi connectivity index (χ3v) is 3.24. The third-order valence-electron chi connectivity index (χ3n) is 3.24. The van der Waals surface area contributed by atoms with Crippen molar-refractivity contribution < 1.29 is 4.42 Å². The van der Waals surface area contributed by atoms with Crippen LogP contribution in [0.25, 0.3) is 11.2 Å². The predicted molar refractivity (Wildman–Crippen MR) is 60.9 cm³/mol. The van der Waals surface area contributed by atoms with E-state index in [2.05, 4.69) is 9.97 Å². The maximum atomic E-state index is 5.74. The lowest BCUT2D eigenvalue weighted by Gasteiger charge is -2.00. The number of pyridine rings is 1. The molecule has 0 unspecified atom stereocenters. The van der Waals surface area contributed by atoms with E-state index in [4.69, 9.17) is 10.2 Å². The lowest BCUT2D eigenvalue weighted by atomic mass is 10.1. The van der Waals surface area contributed by atoms with Crippen LogP contribution in [0.5, 0.6) is 0 Å². The molecule has 0 spiro atoms. The quantitative estimate of drug-likeness (QED) is 0.838. The summed E-state index contributed by atoms with van der Waals surface area (Å²) >= 11 is 0. The van der Waals surface area contributed by atoms with Crippen LogP contribution in [-0.2, 0) is 6.54 Å². The van der Waals surface area contributed by atoms with Crippen LogP contribution in [0.4, 0.5) is 0 Å². The molecule has 1 aliphatic carbocycles. The molecule has 2 heterocycles. The van der Waals surface area contributed by atoms with Gasteiger partial charge in [-0.25, -0.2) is 4.98 Å². The fourth-order valence-electron chi connectivity index (χ4n) is 2.34. The summed E-state index contributed by atoms with van der Waals surface area (Å²) in [5.41, 5.74) is 7.88. The van der Waals surface area contributed by atoms with Crippen molar-refractivity contribution in [2.24, 2.45) is 5.73 Å². The van der Waals surface area contributed by atoms with Gasteiger partial charge in [0, 0.05) is 12.5 Å². The van der Waals surface area contributed by atoms with Crippen molar-refractivity contribution in [3.63, 3.8) is 0 Å². The van der Waals surface area contributed by atoms with Gasteiger partial charge >= 0.3 is 0 Å². The summed E-state index contributed by atoms with van der Waals surface area (Å²) in [5, 5.41) is 0. The normalized spacial score (nSPS) is 17.3. The van der Waals surface area contributed by atoms with Gasteiger partial charge in [0.1, 0.15) is 0 Å². The van der Waals surface area contributed by atoms with Crippen molar-refractivity contribution in [2.75, 3.05) is 0 Å². The molecule has 0 radical (unpaired) electrons. The second kappa shape index (κ2) is 3.87. The Bertz CT molecular complexity index is 500. The number of hydrogen-bond acceptors (Lipinski definition) is 4. The second-order valence-electron chi connectivity index (χ2n) is 4.36. The molecule has 0 bridgehead atoms. The minimum Gasteiger partial charge on any atom is -0.439 e. The van der Waals surface area contributed by atoms with Crippen molar-refractivity contribution in [3.05, 3.63) is 23.7 Å². The average molecular weight is 217 g/mol. The minimum absolute atomic E-state index is 0.446. The van der Waals surface area contributed by atoms with E-state index in [0.29, 0.717) is 18.1 Å². The molecule has 1 fully saturated rings. The number of aromatic nitrogens is 2. The summed E-state index contributed by atoms with van der Waals surface area (Å²) < 4.78 is 5.74. The Labute approximate surface area is 93.9 Å². The molecule has 1 saturated carbocycles. The van der Waals surface area contributed by atoms with Crippen LogP contribution in [0.1, 0.15) is 43.2 Å². The minimum atomic E-state index is 0.446. The zero-order valence-corrected chi connectivity index (χ0v) is 9.15. The molecule has 1 aliphatic rings. The summed E-state index contributed by atoms with van der Waals surface area (Å²) in [6.07, 6.45) is 4.95. The Morgan fingerprint density at radius 1 is 1.25 bits per heavy atom. The highest BCUT2D eigenvalue weighted by atomic mass is 16.3. The Kier molecular flexibility index (Phi) is 2.36. The number of rotatable bonds is 2. The molecule has 2 aromatic rings. The molecule has 0 amide bonds. The summed E-state index contributed by atoms with van der Waals surface area (Å²) in [6.45, 7) is 0.446. The van der Waals surface area contributed by atoms with E-state index in [-0.39, 0.29) is 0 Å². The van der Waals surface area contributed by atoms with Gasteiger partial charge in [-0.15, -0.1) is 0 Å². The SMILES string of the molecule is NCc1ccc2oc(C3CCCC3)nc2n1. The Morgan fingerprint density at radius 2 is 2.06 bits per heavy atom. The van der Waals surface area contributed by atoms with Crippen molar-refractivity contribution in [3.8, 4) is 0 Å². The molecule has 0 aromatic carbocycles. The highest BCUT2D eigenvalue weighted by molar-refractivity contribution is 5.67. The van der Waals surface area contributed by atoms with Gasteiger partial charge in [0.05, 0.1) is 5.69 Å². The number of nitrogens with two attached hydrogens (primary N) is 1. The summed E-state index contributed by atoms with van der Waals surface area (Å²) in [6, 6.07) is 3.81. The first-order valence-corrected chi connectivity index (χ1v) is 5.83. The van der Waals surface area contributed by atoms with Gasteiger partial charge in [0.25, 0.3) is 0 Å². The largest absolute Gasteiger partial charge is 0.439 e. The average Bonchev–Trinajstić information content (AvgIpc) is 2.96. The van der Waals surface area contributed by atoms with E-state index in [1.54, 1.807) is 0 Å². The fourth-order valence-corrected chi connectivity index (χ4v) is 2.34. The first kappa shape index (κ1) is 9.78. The van der Waals surface area contributed by atoms with Crippen LogP contribution >= 0.6 is 0 Å². The molecule has 4 heteroatoms. The van der Waals surface area contributed by atoms with Crippen molar-refractivity contribution in [1.82, 2.24) is 9.97 Å². The number of nitrogens with zero attached hydrogens (tertiary/aromatic N) is 2. The first-order chi connectivity index (χ1) is 7.86. The van der Waals surface area contributed by atoms with Gasteiger partial charge < -0.3 is 10.2 Å². The highest BCUT2D eigenvalue weighted by Crippen LogP contribution is 2.34. The van der Waals surface area contributed by atoms with Crippen molar-refractivity contribution >= 4 is 11.2 Å². The van der Waals surface area contributed by atoms with Gasteiger partial charge in [-0.3, -0.25) is 0 Å². The van der Waals surface area contributed by atoms with E-state index in [1.807, 2.05) is 12.1 Å². The lowest BCUT2D eigenvalue weighted by molar-refractivity contribution is 0.474. The van der Waals surface area contributed by atoms with Crippen LogP contribution in [0.2, 0.25) is 0 Å². The standard InChI is InChI=1S/C12H15N3O/c13-7-9-5-6-10-11(14-9)15-12(16-10)8-3-1-2-4-8/h5-6,8H,1-4,7,13H2. The summed E-state index contributed by atoms with van der Waals surface area (Å²) in [5.74, 6) is 1.35. The molecule has 2 N–H and O–H groups in total. The van der Waals surface area contributed by atoms with Crippen LogP contribution in [0, 0.1) is 0 Å². The van der Waals surface area contributed by atoms with E-state index in [9.17, 15) is 0 Å². The lowest BCUT2D eigenvalue weighted by Crippen LogP contribution is -1.98. The smallest absolute Gasteiger partial charge is 0.200 e. The molecule has 4 nitrogen and oxygen atoms in total. The summed E-state index contributed by atoms with van der Waals surface area (Å²) in [4.78, 5) is 8.83. The molecule has 84 valence electrons. The predicted octanol–water partition coefficient (Wildman–Crippen LogP) is 2.34. The Hall–Kier alpha value is -1.42. The topological polar surface area (TPSA) is 64.9 Å². The Morgan fingerprint density at radius 3 is 2.81 bits per heavy atom. The monoisotopic (exact) mass is 217 g/mol. The van der Waals surface area contributed by atoms with E-state index in [1.165, 1.54) is 25.7 Å². The second-order valence-corrected chi connectivity index (χ2v) is 4.36. The Balaban J connectivity index is 2.01. The number of hydrogen-bond donors (Lipinski definition) is 1. The van der Waals surface area contributed by atoms with Gasteiger partial charge in [-0.05, 0) is 25.0 Å². The molecule has 16 heavy (non-hydrogen) atoms. The maximum Gasteiger partial charge on any atom is 0.200 e. The highest BCUT2D eigenvalue weighted by Gasteiger charge is 2.22. The fraction of sp³-hybridized carbons (Fsp3) is 0.500. The van der Waals surface area contributed by atoms with E-state index < -0.39 is 0 Å². The number of oxazole rings is 1. The molecule has 2 aromatic heterocycles.